The van der Waals surface area contributed by atoms with Gasteiger partial charge in [-0.3, -0.25) is 9.13 Å². The molecule has 7 nitrogen and oxygen atoms in total. The lowest BCUT2D eigenvalue weighted by atomic mass is 9.92. The number of hydrogen-bond donors (Lipinski definition) is 1. The summed E-state index contributed by atoms with van der Waals surface area (Å²) >= 11 is 0. The number of aromatic nitrogens is 3. The van der Waals surface area contributed by atoms with Gasteiger partial charge in [-0.05, 0) is 47.4 Å². The quantitative estimate of drug-likeness (QED) is 0.413. The second kappa shape index (κ2) is 8.29. The summed E-state index contributed by atoms with van der Waals surface area (Å²) in [4.78, 5) is 29.5. The highest BCUT2D eigenvalue weighted by Gasteiger charge is 2.40. The maximum atomic E-state index is 15.2. The summed E-state index contributed by atoms with van der Waals surface area (Å²) in [5.74, 6) is -4.06. The van der Waals surface area contributed by atoms with E-state index < -0.39 is 11.9 Å². The fourth-order valence-electron chi connectivity index (χ4n) is 4.98. The Labute approximate surface area is 206 Å². The SMILES string of the molecule is CC(C)c1cc(N2CCC(F)(F)c3cc(-c4ccc(C(=O)O)nc4)ccc32)cc2c1n(C)c(=O)n2C. The van der Waals surface area contributed by atoms with Crippen LogP contribution in [0.2, 0.25) is 0 Å². The summed E-state index contributed by atoms with van der Waals surface area (Å²) in [6.45, 7) is 4.21. The minimum absolute atomic E-state index is 0.0956. The van der Waals surface area contributed by atoms with Crippen molar-refractivity contribution in [2.45, 2.75) is 32.1 Å². The van der Waals surface area contributed by atoms with Gasteiger partial charge in [-0.1, -0.05) is 26.0 Å². The number of carbonyl (C=O) groups is 1. The molecule has 1 aliphatic heterocycles. The van der Waals surface area contributed by atoms with Crippen LogP contribution in [0.25, 0.3) is 22.2 Å². The van der Waals surface area contributed by atoms with Crippen LogP contribution in [-0.2, 0) is 20.0 Å². The summed E-state index contributed by atoms with van der Waals surface area (Å²) in [6, 6.07) is 11.7. The fraction of sp³-hybridized carbons (Fsp3) is 0.296. The molecule has 2 aromatic heterocycles. The standard InChI is InChI=1S/C27H26F2N4O3/c1-15(2)19-12-18(13-23-24(19)32(4)26(36)31(23)3)33-10-9-27(28,29)20-11-16(6-8-22(20)33)17-5-7-21(25(34)35)30-14-17/h5-8,11-15H,9-10H2,1-4H3,(H,34,35). The van der Waals surface area contributed by atoms with E-state index in [1.165, 1.54) is 18.3 Å². The van der Waals surface area contributed by atoms with Crippen molar-refractivity contribution in [1.82, 2.24) is 14.1 Å². The second-order valence-corrected chi connectivity index (χ2v) is 9.53. The summed E-state index contributed by atoms with van der Waals surface area (Å²) in [5.41, 5.74) is 4.47. The number of pyridine rings is 1. The van der Waals surface area contributed by atoms with Gasteiger partial charge in [-0.15, -0.1) is 0 Å². The monoisotopic (exact) mass is 492 g/mol. The lowest BCUT2D eigenvalue weighted by molar-refractivity contribution is -0.0141. The Morgan fingerprint density at radius 1 is 1.06 bits per heavy atom. The number of anilines is 2. The topological polar surface area (TPSA) is 80.4 Å². The van der Waals surface area contributed by atoms with Crippen LogP contribution in [0, 0.1) is 0 Å². The van der Waals surface area contributed by atoms with Crippen molar-refractivity contribution < 1.29 is 18.7 Å². The van der Waals surface area contributed by atoms with Gasteiger partial charge in [0.15, 0.2) is 0 Å². The number of hydrogen-bond acceptors (Lipinski definition) is 4. The second-order valence-electron chi connectivity index (χ2n) is 9.53. The van der Waals surface area contributed by atoms with Crippen LogP contribution < -0.4 is 10.6 Å². The normalized spacial score (nSPS) is 14.9. The molecule has 0 saturated carbocycles. The van der Waals surface area contributed by atoms with Crippen molar-refractivity contribution in [1.29, 1.82) is 0 Å². The highest BCUT2D eigenvalue weighted by Crippen LogP contribution is 2.47. The molecular formula is C27H26F2N4O3. The molecule has 0 unspecified atom stereocenters. The number of halogens is 2. The van der Waals surface area contributed by atoms with E-state index in [-0.39, 0.29) is 35.8 Å². The number of rotatable bonds is 4. The van der Waals surface area contributed by atoms with Crippen LogP contribution in [0.4, 0.5) is 20.2 Å². The molecule has 5 rings (SSSR count). The number of imidazole rings is 1. The lowest BCUT2D eigenvalue weighted by Gasteiger charge is -2.36. The predicted molar refractivity (Wildman–Crippen MR) is 134 cm³/mol. The van der Waals surface area contributed by atoms with Crippen molar-refractivity contribution >= 4 is 28.4 Å². The van der Waals surface area contributed by atoms with Crippen molar-refractivity contribution in [2.24, 2.45) is 14.1 Å². The molecule has 0 saturated heterocycles. The number of aryl methyl sites for hydroxylation is 2. The maximum Gasteiger partial charge on any atom is 0.354 e. The molecular weight excluding hydrogens is 466 g/mol. The lowest BCUT2D eigenvalue weighted by Crippen LogP contribution is -2.33. The number of alkyl halides is 2. The van der Waals surface area contributed by atoms with E-state index in [1.807, 2.05) is 30.9 Å². The molecule has 1 N–H and O–H groups in total. The van der Waals surface area contributed by atoms with Crippen LogP contribution in [0.1, 0.15) is 47.8 Å². The van der Waals surface area contributed by atoms with Crippen LogP contribution in [0.5, 0.6) is 0 Å². The number of benzene rings is 2. The summed E-state index contributed by atoms with van der Waals surface area (Å²) in [5, 5.41) is 9.08. The third kappa shape index (κ3) is 3.66. The Bertz CT molecular complexity index is 1570. The molecule has 0 aliphatic carbocycles. The molecule has 36 heavy (non-hydrogen) atoms. The first-order valence-electron chi connectivity index (χ1n) is 11.7. The number of fused-ring (bicyclic) bond motifs is 2. The van der Waals surface area contributed by atoms with Gasteiger partial charge in [-0.25, -0.2) is 23.4 Å². The third-order valence-corrected chi connectivity index (χ3v) is 6.96. The van der Waals surface area contributed by atoms with E-state index in [4.69, 9.17) is 5.11 Å². The van der Waals surface area contributed by atoms with Gasteiger partial charge in [-0.2, -0.15) is 0 Å². The Balaban J connectivity index is 1.65. The highest BCUT2D eigenvalue weighted by molar-refractivity contribution is 5.87. The van der Waals surface area contributed by atoms with Crippen LogP contribution >= 0.6 is 0 Å². The maximum absolute atomic E-state index is 15.2. The zero-order valence-electron chi connectivity index (χ0n) is 20.4. The Morgan fingerprint density at radius 3 is 2.42 bits per heavy atom. The van der Waals surface area contributed by atoms with Gasteiger partial charge in [0.25, 0.3) is 5.92 Å². The smallest absolute Gasteiger partial charge is 0.354 e. The van der Waals surface area contributed by atoms with Crippen molar-refractivity contribution in [3.8, 4) is 11.1 Å². The Hall–Kier alpha value is -4.01. The van der Waals surface area contributed by atoms with Gasteiger partial charge in [0.05, 0.1) is 16.7 Å². The number of aromatic carboxylic acids is 1. The molecule has 0 atom stereocenters. The molecule has 1 aliphatic rings. The number of carboxylic acid groups (broad SMARTS) is 1. The zero-order chi connectivity index (χ0) is 25.9. The molecule has 0 fully saturated rings. The molecule has 0 amide bonds. The summed E-state index contributed by atoms with van der Waals surface area (Å²) in [7, 11) is 3.46. The molecule has 4 aromatic rings. The largest absolute Gasteiger partial charge is 0.477 e. The molecule has 0 bridgehead atoms. The van der Waals surface area contributed by atoms with Gasteiger partial charge in [0.2, 0.25) is 0 Å². The highest BCUT2D eigenvalue weighted by atomic mass is 19.3. The van der Waals surface area contributed by atoms with Crippen LogP contribution in [-0.4, -0.2) is 31.7 Å². The van der Waals surface area contributed by atoms with E-state index in [0.717, 1.165) is 22.3 Å². The zero-order valence-corrected chi connectivity index (χ0v) is 20.4. The van der Waals surface area contributed by atoms with E-state index >= 15 is 8.78 Å². The fourth-order valence-corrected chi connectivity index (χ4v) is 4.98. The molecule has 2 aromatic carbocycles. The van der Waals surface area contributed by atoms with E-state index in [0.29, 0.717) is 16.8 Å². The average molecular weight is 493 g/mol. The van der Waals surface area contributed by atoms with Gasteiger partial charge < -0.3 is 10.0 Å². The predicted octanol–water partition coefficient (Wildman–Crippen LogP) is 5.39. The van der Waals surface area contributed by atoms with E-state index in [1.54, 1.807) is 41.4 Å². The first kappa shape index (κ1) is 23.7. The summed E-state index contributed by atoms with van der Waals surface area (Å²) in [6.07, 6.45) is 1.02. The van der Waals surface area contributed by atoms with Crippen LogP contribution in [0.3, 0.4) is 0 Å². The molecule has 9 heteroatoms. The number of carboxylic acids is 1. The van der Waals surface area contributed by atoms with E-state index in [9.17, 15) is 9.59 Å². The first-order chi connectivity index (χ1) is 17.0. The minimum atomic E-state index is -3.03. The van der Waals surface area contributed by atoms with Gasteiger partial charge >= 0.3 is 11.7 Å². The van der Waals surface area contributed by atoms with Gasteiger partial charge in [0.1, 0.15) is 5.69 Å². The molecule has 186 valence electrons. The average Bonchev–Trinajstić information content (AvgIpc) is 3.07. The minimum Gasteiger partial charge on any atom is -0.477 e. The molecule has 0 radical (unpaired) electrons. The Kier molecular flexibility index (Phi) is 5.46. The molecule has 3 heterocycles. The van der Waals surface area contributed by atoms with Crippen molar-refractivity contribution in [3.63, 3.8) is 0 Å². The van der Waals surface area contributed by atoms with Crippen molar-refractivity contribution in [3.05, 3.63) is 76.0 Å². The number of nitrogens with zero attached hydrogens (tertiary/aromatic N) is 4. The summed E-state index contributed by atoms with van der Waals surface area (Å²) < 4.78 is 33.5. The van der Waals surface area contributed by atoms with E-state index in [2.05, 4.69) is 4.98 Å². The van der Waals surface area contributed by atoms with Crippen molar-refractivity contribution in [2.75, 3.05) is 11.4 Å². The Morgan fingerprint density at radius 2 is 1.78 bits per heavy atom. The van der Waals surface area contributed by atoms with Gasteiger partial charge in [0, 0.05) is 50.1 Å². The first-order valence-corrected chi connectivity index (χ1v) is 11.7. The molecule has 0 spiro atoms. The third-order valence-electron chi connectivity index (χ3n) is 6.96. The van der Waals surface area contributed by atoms with Crippen LogP contribution in [0.15, 0.2) is 53.5 Å².